The average molecular weight is 309 g/mol. The minimum Gasteiger partial charge on any atom is -0.444 e. The lowest BCUT2D eigenvalue weighted by Gasteiger charge is -2.19. The number of nitrogens with one attached hydrogen (secondary N) is 2. The van der Waals surface area contributed by atoms with Crippen molar-refractivity contribution in [3.8, 4) is 0 Å². The molecule has 2 aromatic rings. The van der Waals surface area contributed by atoms with Gasteiger partial charge in [0.25, 0.3) is 0 Å². The van der Waals surface area contributed by atoms with Crippen LogP contribution in [0.25, 0.3) is 11.0 Å². The van der Waals surface area contributed by atoms with E-state index in [9.17, 15) is 4.79 Å². The van der Waals surface area contributed by atoms with Gasteiger partial charge in [0.15, 0.2) is 5.22 Å². The third-order valence-electron chi connectivity index (χ3n) is 3.44. The maximum Gasteiger partial charge on any atom is 0.236 e. The predicted octanol–water partition coefficient (Wildman–Crippen LogP) is 3.34. The molecule has 1 aromatic heterocycles. The van der Waals surface area contributed by atoms with Crippen LogP contribution in [-0.2, 0) is 11.3 Å². The highest BCUT2D eigenvalue weighted by Gasteiger charge is 2.20. The molecule has 0 spiro atoms. The Kier molecular flexibility index (Phi) is 5.26. The Morgan fingerprint density at radius 1 is 1.33 bits per heavy atom. The summed E-state index contributed by atoms with van der Waals surface area (Å²) in [6.07, 6.45) is 0.771. The van der Waals surface area contributed by atoms with E-state index in [1.165, 1.54) is 0 Å². The molecule has 0 aliphatic carbocycles. The Bertz CT molecular complexity index is 622. The first kappa shape index (κ1) is 15.9. The second-order valence-corrected chi connectivity index (χ2v) is 5.87. The largest absolute Gasteiger partial charge is 0.444 e. The Balaban J connectivity index is 2.15. The number of fused-ring (bicyclic) bond motifs is 1. The molecule has 2 N–H and O–H groups in total. The maximum absolute atomic E-state index is 11.9. The smallest absolute Gasteiger partial charge is 0.236 e. The van der Waals surface area contributed by atoms with Crippen LogP contribution in [0, 0.1) is 5.92 Å². The van der Waals surface area contributed by atoms with E-state index in [0.717, 1.165) is 23.0 Å². The lowest BCUT2D eigenvalue weighted by Crippen LogP contribution is -2.43. The third kappa shape index (κ3) is 3.77. The van der Waals surface area contributed by atoms with Crippen molar-refractivity contribution in [2.45, 2.75) is 32.9 Å². The molecule has 0 fully saturated rings. The normalized spacial score (nSPS) is 12.8. The maximum atomic E-state index is 11.9. The van der Waals surface area contributed by atoms with E-state index in [1.807, 2.05) is 24.3 Å². The van der Waals surface area contributed by atoms with Gasteiger partial charge in [-0.15, -0.1) is 0 Å². The second kappa shape index (κ2) is 6.96. The summed E-state index contributed by atoms with van der Waals surface area (Å²) in [7, 11) is 1.65. The highest BCUT2D eigenvalue weighted by molar-refractivity contribution is 6.30. The first-order valence-electron chi connectivity index (χ1n) is 7.13. The fourth-order valence-electron chi connectivity index (χ4n) is 2.39. The average Bonchev–Trinajstić information content (AvgIpc) is 2.77. The molecule has 1 amide bonds. The van der Waals surface area contributed by atoms with Crippen molar-refractivity contribution in [1.82, 2.24) is 10.6 Å². The van der Waals surface area contributed by atoms with Gasteiger partial charge in [0.2, 0.25) is 5.91 Å². The standard InChI is InChI=1S/C16H21ClN2O2/c1-10(2)8-13(16(20)18-3)19-9-12-11-6-4-5-7-14(11)21-15(12)17/h4-7,10,13,19H,8-9H2,1-3H3,(H,18,20). The summed E-state index contributed by atoms with van der Waals surface area (Å²) in [6.45, 7) is 4.69. The van der Waals surface area contributed by atoms with Gasteiger partial charge in [0, 0.05) is 24.5 Å². The molecule has 114 valence electrons. The molecular weight excluding hydrogens is 288 g/mol. The van der Waals surface area contributed by atoms with Gasteiger partial charge in [0.1, 0.15) is 5.58 Å². The molecule has 1 heterocycles. The van der Waals surface area contributed by atoms with Crippen molar-refractivity contribution >= 4 is 28.5 Å². The van der Waals surface area contributed by atoms with Crippen molar-refractivity contribution in [2.24, 2.45) is 5.92 Å². The Morgan fingerprint density at radius 3 is 2.71 bits per heavy atom. The number of hydrogen-bond donors (Lipinski definition) is 2. The number of rotatable bonds is 6. The molecule has 0 aliphatic rings. The van der Waals surface area contributed by atoms with E-state index in [4.69, 9.17) is 16.0 Å². The zero-order valence-corrected chi connectivity index (χ0v) is 13.3. The van der Waals surface area contributed by atoms with Crippen LogP contribution in [0.5, 0.6) is 0 Å². The number of para-hydroxylation sites is 1. The Labute approximate surface area is 129 Å². The van der Waals surface area contributed by atoms with Crippen LogP contribution in [0.15, 0.2) is 28.7 Å². The van der Waals surface area contributed by atoms with Crippen LogP contribution >= 0.6 is 11.6 Å². The van der Waals surface area contributed by atoms with Gasteiger partial charge in [-0.2, -0.15) is 0 Å². The van der Waals surface area contributed by atoms with Gasteiger partial charge < -0.3 is 15.1 Å². The number of furan rings is 1. The Morgan fingerprint density at radius 2 is 2.05 bits per heavy atom. The molecule has 0 saturated heterocycles. The fraction of sp³-hybridized carbons (Fsp3) is 0.438. The minimum absolute atomic E-state index is 0.00683. The third-order valence-corrected chi connectivity index (χ3v) is 3.75. The van der Waals surface area contributed by atoms with Crippen LogP contribution in [0.1, 0.15) is 25.8 Å². The minimum atomic E-state index is -0.236. The monoisotopic (exact) mass is 308 g/mol. The van der Waals surface area contributed by atoms with Crippen LogP contribution < -0.4 is 10.6 Å². The lowest BCUT2D eigenvalue weighted by atomic mass is 10.0. The highest BCUT2D eigenvalue weighted by atomic mass is 35.5. The van der Waals surface area contributed by atoms with E-state index in [2.05, 4.69) is 24.5 Å². The van der Waals surface area contributed by atoms with Gasteiger partial charge in [-0.05, 0) is 30.0 Å². The van der Waals surface area contributed by atoms with Crippen LogP contribution in [0.3, 0.4) is 0 Å². The van der Waals surface area contributed by atoms with E-state index < -0.39 is 0 Å². The predicted molar refractivity (Wildman–Crippen MR) is 85.4 cm³/mol. The summed E-state index contributed by atoms with van der Waals surface area (Å²) in [5.74, 6) is 0.420. The molecule has 1 aromatic carbocycles. The lowest BCUT2D eigenvalue weighted by molar-refractivity contribution is -0.123. The number of halogens is 1. The van der Waals surface area contributed by atoms with Gasteiger partial charge in [-0.1, -0.05) is 32.0 Å². The molecule has 21 heavy (non-hydrogen) atoms. The van der Waals surface area contributed by atoms with Crippen molar-refractivity contribution < 1.29 is 9.21 Å². The molecule has 1 atom stereocenters. The van der Waals surface area contributed by atoms with Crippen LogP contribution in [-0.4, -0.2) is 19.0 Å². The number of likely N-dealkylation sites (N-methyl/N-ethyl adjacent to an activating group) is 1. The van der Waals surface area contributed by atoms with E-state index >= 15 is 0 Å². The van der Waals surface area contributed by atoms with Gasteiger partial charge in [-0.25, -0.2) is 0 Å². The number of hydrogen-bond acceptors (Lipinski definition) is 3. The number of benzene rings is 1. The number of carbonyl (C=O) groups excluding carboxylic acids is 1. The Hall–Kier alpha value is -1.52. The molecule has 1 unspecified atom stereocenters. The summed E-state index contributed by atoms with van der Waals surface area (Å²) >= 11 is 6.16. The number of carbonyl (C=O) groups is 1. The van der Waals surface area contributed by atoms with Crippen LogP contribution in [0.4, 0.5) is 0 Å². The van der Waals surface area contributed by atoms with E-state index in [-0.39, 0.29) is 11.9 Å². The molecule has 2 rings (SSSR count). The summed E-state index contributed by atoms with van der Waals surface area (Å²) in [5.41, 5.74) is 1.66. The zero-order chi connectivity index (χ0) is 15.4. The molecule has 5 heteroatoms. The SMILES string of the molecule is CNC(=O)C(CC(C)C)NCc1c(Cl)oc2ccccc12. The number of amides is 1. The van der Waals surface area contributed by atoms with Gasteiger partial charge in [-0.3, -0.25) is 4.79 Å². The second-order valence-electron chi connectivity index (χ2n) is 5.53. The molecule has 0 aliphatic heterocycles. The molecule has 4 nitrogen and oxygen atoms in total. The van der Waals surface area contributed by atoms with E-state index in [0.29, 0.717) is 17.7 Å². The quantitative estimate of drug-likeness (QED) is 0.860. The van der Waals surface area contributed by atoms with Crippen molar-refractivity contribution in [3.05, 3.63) is 35.0 Å². The summed E-state index contributed by atoms with van der Waals surface area (Å²) < 4.78 is 5.52. The summed E-state index contributed by atoms with van der Waals surface area (Å²) in [5, 5.41) is 7.34. The molecule has 0 radical (unpaired) electrons. The first-order chi connectivity index (χ1) is 10.0. The molecule has 0 bridgehead atoms. The van der Waals surface area contributed by atoms with Crippen molar-refractivity contribution in [1.29, 1.82) is 0 Å². The zero-order valence-electron chi connectivity index (χ0n) is 12.6. The van der Waals surface area contributed by atoms with Crippen molar-refractivity contribution in [3.63, 3.8) is 0 Å². The fourth-order valence-corrected chi connectivity index (χ4v) is 2.64. The molecular formula is C16H21ClN2O2. The topological polar surface area (TPSA) is 54.3 Å². The molecule has 0 saturated carbocycles. The van der Waals surface area contributed by atoms with Gasteiger partial charge in [0.05, 0.1) is 6.04 Å². The van der Waals surface area contributed by atoms with Crippen molar-refractivity contribution in [2.75, 3.05) is 7.05 Å². The first-order valence-corrected chi connectivity index (χ1v) is 7.51. The van der Waals surface area contributed by atoms with E-state index in [1.54, 1.807) is 7.05 Å². The highest BCUT2D eigenvalue weighted by Crippen LogP contribution is 2.29. The van der Waals surface area contributed by atoms with Crippen LogP contribution in [0.2, 0.25) is 5.22 Å². The summed E-state index contributed by atoms with van der Waals surface area (Å²) in [6, 6.07) is 7.47. The van der Waals surface area contributed by atoms with Gasteiger partial charge >= 0.3 is 0 Å². The summed E-state index contributed by atoms with van der Waals surface area (Å²) in [4.78, 5) is 11.9.